The highest BCUT2D eigenvalue weighted by Gasteiger charge is 2.66. The minimum Gasteiger partial charge on any atom is -0.459 e. The fourth-order valence-corrected chi connectivity index (χ4v) is 6.35. The smallest absolute Gasteiger partial charge is 0.326 e. The molecule has 2 saturated carbocycles. The number of hydrogen-bond donors (Lipinski definition) is 0. The number of alkyl halides is 2. The summed E-state index contributed by atoms with van der Waals surface area (Å²) < 4.78 is 5.22. The predicted octanol–water partition coefficient (Wildman–Crippen LogP) is 2.51. The van der Waals surface area contributed by atoms with Gasteiger partial charge in [-0.3, -0.25) is 19.3 Å². The molecular weight excluding hydrogens is 454 g/mol. The van der Waals surface area contributed by atoms with Crippen molar-refractivity contribution < 1.29 is 19.1 Å². The highest BCUT2D eigenvalue weighted by atomic mass is 79.9. The minimum atomic E-state index is -0.552. The van der Waals surface area contributed by atoms with E-state index in [0.29, 0.717) is 0 Å². The fourth-order valence-electron chi connectivity index (χ4n) is 4.48. The molecule has 132 valence electrons. The fraction of sp³-hybridized carbons (Fsp3) is 0.500. The van der Waals surface area contributed by atoms with Crippen molar-refractivity contribution in [3.05, 3.63) is 35.9 Å². The van der Waals surface area contributed by atoms with Crippen molar-refractivity contribution in [2.45, 2.75) is 22.7 Å². The molecule has 4 rings (SSSR count). The molecule has 2 aliphatic carbocycles. The summed E-state index contributed by atoms with van der Waals surface area (Å²) in [5, 5.41) is 0. The lowest BCUT2D eigenvalue weighted by molar-refractivity contribution is -0.154. The lowest BCUT2D eigenvalue weighted by atomic mass is 9.81. The number of halogens is 2. The van der Waals surface area contributed by atoms with E-state index in [-0.39, 0.29) is 58.3 Å². The van der Waals surface area contributed by atoms with Crippen molar-refractivity contribution in [1.29, 1.82) is 0 Å². The Morgan fingerprint density at radius 3 is 2.16 bits per heavy atom. The number of imide groups is 1. The van der Waals surface area contributed by atoms with Crippen molar-refractivity contribution in [3.8, 4) is 0 Å². The summed E-state index contributed by atoms with van der Waals surface area (Å²) in [6, 6.07) is 9.32. The van der Waals surface area contributed by atoms with Gasteiger partial charge in [-0.1, -0.05) is 62.2 Å². The summed E-state index contributed by atoms with van der Waals surface area (Å²) in [5.41, 5.74) is 0.870. The summed E-state index contributed by atoms with van der Waals surface area (Å²) in [7, 11) is 0. The Kier molecular flexibility index (Phi) is 4.48. The molecule has 1 aliphatic heterocycles. The minimum absolute atomic E-state index is 0.140. The second kappa shape index (κ2) is 6.50. The molecule has 2 bridgehead atoms. The van der Waals surface area contributed by atoms with Crippen LogP contribution in [0.2, 0.25) is 0 Å². The highest BCUT2D eigenvalue weighted by Crippen LogP contribution is 2.60. The van der Waals surface area contributed by atoms with Crippen LogP contribution >= 0.6 is 31.9 Å². The number of carbonyl (C=O) groups is 3. The number of likely N-dealkylation sites (tertiary alicyclic amines) is 1. The van der Waals surface area contributed by atoms with Gasteiger partial charge in [0.25, 0.3) is 0 Å². The van der Waals surface area contributed by atoms with Gasteiger partial charge in [0.05, 0.1) is 11.8 Å². The number of rotatable bonds is 4. The molecule has 5 nitrogen and oxygen atoms in total. The Bertz CT molecular complexity index is 693. The Morgan fingerprint density at radius 1 is 1.04 bits per heavy atom. The van der Waals surface area contributed by atoms with Gasteiger partial charge in [0.1, 0.15) is 13.2 Å². The molecular formula is C18H17Br2NO4. The molecule has 7 heteroatoms. The van der Waals surface area contributed by atoms with Gasteiger partial charge in [0.15, 0.2) is 0 Å². The van der Waals surface area contributed by atoms with Crippen LogP contribution in [0.5, 0.6) is 0 Å². The van der Waals surface area contributed by atoms with Crippen molar-refractivity contribution in [2.24, 2.45) is 23.7 Å². The largest absolute Gasteiger partial charge is 0.459 e. The van der Waals surface area contributed by atoms with Gasteiger partial charge >= 0.3 is 5.97 Å². The van der Waals surface area contributed by atoms with Gasteiger partial charge in [0, 0.05) is 9.65 Å². The first-order valence-corrected chi connectivity index (χ1v) is 10.1. The van der Waals surface area contributed by atoms with E-state index in [1.165, 1.54) is 0 Å². The first kappa shape index (κ1) is 17.2. The van der Waals surface area contributed by atoms with Crippen LogP contribution in [-0.2, 0) is 25.7 Å². The van der Waals surface area contributed by atoms with Gasteiger partial charge in [-0.05, 0) is 23.8 Å². The molecule has 25 heavy (non-hydrogen) atoms. The predicted molar refractivity (Wildman–Crippen MR) is 97.0 cm³/mol. The van der Waals surface area contributed by atoms with Gasteiger partial charge in [0.2, 0.25) is 11.8 Å². The summed E-state index contributed by atoms with van der Waals surface area (Å²) in [6.07, 6.45) is 0.880. The number of carbonyl (C=O) groups excluding carboxylic acids is 3. The molecule has 0 radical (unpaired) electrons. The van der Waals surface area contributed by atoms with E-state index in [1.807, 2.05) is 30.3 Å². The zero-order valence-corrected chi connectivity index (χ0v) is 16.5. The van der Waals surface area contributed by atoms with Gasteiger partial charge in [-0.2, -0.15) is 0 Å². The van der Waals surface area contributed by atoms with Crippen molar-refractivity contribution >= 4 is 49.6 Å². The average Bonchev–Trinajstić information content (AvgIpc) is 3.21. The van der Waals surface area contributed by atoms with Gasteiger partial charge < -0.3 is 4.74 Å². The third kappa shape index (κ3) is 2.76. The molecule has 2 amide bonds. The number of amides is 2. The van der Waals surface area contributed by atoms with Crippen LogP contribution in [0.1, 0.15) is 12.0 Å². The standard InChI is InChI=1S/C18H17Br2NO4/c19-15-10-6-11(16(15)20)14-13(10)17(23)21(18(14)24)7-12(22)25-8-9-4-2-1-3-5-9/h1-5,10-11,13-16H,6-8H2/t10-,11-,13-,14-,15-,16+/m0/s1. The molecule has 3 fully saturated rings. The lowest BCUT2D eigenvalue weighted by Crippen LogP contribution is -2.38. The number of benzene rings is 1. The Labute approximate surface area is 162 Å². The molecule has 1 saturated heterocycles. The van der Waals surface area contributed by atoms with Crippen molar-refractivity contribution in [1.82, 2.24) is 4.90 Å². The number of hydrogen-bond acceptors (Lipinski definition) is 4. The van der Waals surface area contributed by atoms with Crippen LogP contribution in [0.25, 0.3) is 0 Å². The second-order valence-corrected chi connectivity index (χ2v) is 9.03. The van der Waals surface area contributed by atoms with E-state index in [1.54, 1.807) is 0 Å². The van der Waals surface area contributed by atoms with Crippen LogP contribution in [0, 0.1) is 23.7 Å². The Hall–Kier alpha value is -1.21. The van der Waals surface area contributed by atoms with Gasteiger partial charge in [-0.15, -0.1) is 0 Å². The summed E-state index contributed by atoms with van der Waals surface area (Å²) in [5.74, 6) is -1.27. The molecule has 0 N–H and O–H groups in total. The molecule has 1 aromatic rings. The first-order chi connectivity index (χ1) is 12.0. The van der Waals surface area contributed by atoms with Gasteiger partial charge in [-0.25, -0.2) is 0 Å². The Balaban J connectivity index is 1.41. The average molecular weight is 471 g/mol. The third-order valence-corrected chi connectivity index (χ3v) is 8.81. The van der Waals surface area contributed by atoms with E-state index in [9.17, 15) is 14.4 Å². The highest BCUT2D eigenvalue weighted by molar-refractivity contribution is 9.12. The van der Waals surface area contributed by atoms with Crippen molar-refractivity contribution in [2.75, 3.05) is 6.54 Å². The Morgan fingerprint density at radius 2 is 1.60 bits per heavy atom. The summed E-state index contributed by atoms with van der Waals surface area (Å²) in [6.45, 7) is -0.155. The van der Waals surface area contributed by atoms with Crippen molar-refractivity contribution in [3.63, 3.8) is 0 Å². The van der Waals surface area contributed by atoms with Crippen LogP contribution in [0.3, 0.4) is 0 Å². The second-order valence-electron chi connectivity index (χ2n) is 6.91. The number of fused-ring (bicyclic) bond motifs is 5. The van der Waals surface area contributed by atoms with Crippen LogP contribution < -0.4 is 0 Å². The molecule has 0 unspecified atom stereocenters. The van der Waals surface area contributed by atoms with E-state index < -0.39 is 5.97 Å². The van der Waals surface area contributed by atoms with E-state index >= 15 is 0 Å². The lowest BCUT2D eigenvalue weighted by Gasteiger charge is -2.28. The molecule has 6 atom stereocenters. The van der Waals surface area contributed by atoms with E-state index in [4.69, 9.17) is 4.74 Å². The van der Waals surface area contributed by atoms with Crippen LogP contribution in [0.4, 0.5) is 0 Å². The topological polar surface area (TPSA) is 63.7 Å². The van der Waals surface area contributed by atoms with Crippen LogP contribution in [-0.4, -0.2) is 38.9 Å². The molecule has 1 heterocycles. The molecule has 0 spiro atoms. The maximum atomic E-state index is 12.7. The molecule has 3 aliphatic rings. The summed E-state index contributed by atoms with van der Waals surface area (Å²) in [4.78, 5) is 39.0. The number of ether oxygens (including phenoxy) is 1. The van der Waals surface area contributed by atoms with Crippen LogP contribution in [0.15, 0.2) is 30.3 Å². The zero-order chi connectivity index (χ0) is 17.7. The monoisotopic (exact) mass is 469 g/mol. The maximum Gasteiger partial charge on any atom is 0.326 e. The van der Waals surface area contributed by atoms with E-state index in [0.717, 1.165) is 16.9 Å². The number of esters is 1. The maximum absolute atomic E-state index is 12.7. The summed E-state index contributed by atoms with van der Waals surface area (Å²) >= 11 is 7.29. The quantitative estimate of drug-likeness (QED) is 0.385. The molecule has 1 aromatic carbocycles. The SMILES string of the molecule is O=C(CN1C(=O)[C@H]2[C@@H]3C[C@H]([C@@H](Br)[C@H]3Br)[C@@H]2C1=O)OCc1ccccc1. The third-order valence-electron chi connectivity index (χ3n) is 5.61. The first-order valence-electron chi connectivity index (χ1n) is 8.32. The zero-order valence-electron chi connectivity index (χ0n) is 13.3. The van der Waals surface area contributed by atoms with E-state index in [2.05, 4.69) is 31.9 Å². The normalized spacial score (nSPS) is 36.0. The number of nitrogens with zero attached hydrogens (tertiary/aromatic N) is 1. The molecule has 0 aromatic heterocycles.